The van der Waals surface area contributed by atoms with Crippen LogP contribution in [0.5, 0.6) is 5.75 Å². The van der Waals surface area contributed by atoms with Gasteiger partial charge >= 0.3 is 0 Å². The molecule has 0 saturated carbocycles. The normalized spacial score (nSPS) is 9.80. The van der Waals surface area contributed by atoms with E-state index in [-0.39, 0.29) is 0 Å². The fourth-order valence-electron chi connectivity index (χ4n) is 0.821. The van der Waals surface area contributed by atoms with Crippen molar-refractivity contribution >= 4 is 27.0 Å². The predicted octanol–water partition coefficient (Wildman–Crippen LogP) is 0.339. The lowest BCUT2D eigenvalue weighted by Gasteiger charge is -2.00. The van der Waals surface area contributed by atoms with E-state index in [1.54, 1.807) is 7.11 Å². The Balaban J connectivity index is 3.06. The highest BCUT2D eigenvalue weighted by Crippen LogP contribution is 2.14. The van der Waals surface area contributed by atoms with Gasteiger partial charge in [-0.15, -0.1) is 0 Å². The van der Waals surface area contributed by atoms with E-state index in [1.807, 2.05) is 18.2 Å². The number of methoxy groups -OCH3 is 1. The topological polar surface area (TPSA) is 9.23 Å². The van der Waals surface area contributed by atoms with Crippen LogP contribution in [0.3, 0.4) is 0 Å². The second kappa shape index (κ2) is 3.08. The monoisotopic (exact) mass is 172 g/mol. The molecule has 0 radical (unpaired) electrons. The first-order valence-corrected chi connectivity index (χ1v) is 4.41. The molecule has 1 nitrogen and oxygen atoms in total. The Bertz CT molecular complexity index is 217. The fraction of sp³-hybridized carbons (Fsp3) is 0.143. The lowest BCUT2D eigenvalue weighted by atomic mass is 10.3. The summed E-state index contributed by atoms with van der Waals surface area (Å²) in [6, 6.07) is 5.76. The minimum atomic E-state index is 0.754. The van der Waals surface area contributed by atoms with Crippen molar-refractivity contribution in [2.45, 2.75) is 0 Å². The minimum Gasteiger partial charge on any atom is -0.497 e. The molecule has 0 amide bonds. The predicted molar refractivity (Wildman–Crippen MR) is 47.6 cm³/mol. The zero-order chi connectivity index (χ0) is 7.56. The molecule has 1 rings (SSSR count). The largest absolute Gasteiger partial charge is 0.497 e. The minimum absolute atomic E-state index is 0.754. The summed E-state index contributed by atoms with van der Waals surface area (Å²) in [4.78, 5) is 0. The van der Waals surface area contributed by atoms with Gasteiger partial charge in [0, 0.05) is 15.3 Å². The third kappa shape index (κ3) is 1.75. The van der Waals surface area contributed by atoms with Crippen LogP contribution in [0.15, 0.2) is 18.2 Å². The Kier molecular flexibility index (Phi) is 2.35. The van der Waals surface area contributed by atoms with Crippen LogP contribution in [0, 0.1) is 0 Å². The second-order valence-corrected chi connectivity index (χ2v) is 3.76. The highest BCUT2D eigenvalue weighted by molar-refractivity contribution is 6.36. The lowest BCUT2D eigenvalue weighted by Crippen LogP contribution is -2.01. The molecule has 0 unspecified atom stereocenters. The third-order valence-electron chi connectivity index (χ3n) is 1.25. The molecule has 54 valence electrons. The zero-order valence-corrected chi connectivity index (χ0v) is 8.77. The molecule has 0 bridgehead atoms. The van der Waals surface area contributed by atoms with Crippen LogP contribution in [-0.4, -0.2) is 17.4 Å². The van der Waals surface area contributed by atoms with Crippen molar-refractivity contribution in [2.24, 2.45) is 0 Å². The van der Waals surface area contributed by atoms with Gasteiger partial charge < -0.3 is 4.74 Å². The number of rotatable bonds is 1. The van der Waals surface area contributed by atoms with Crippen molar-refractivity contribution in [3.05, 3.63) is 23.2 Å². The molecular formula is C7H9ClOSi. The summed E-state index contributed by atoms with van der Waals surface area (Å²) in [5.74, 6) is 0.845. The van der Waals surface area contributed by atoms with Gasteiger partial charge in [0.1, 0.15) is 5.75 Å². The van der Waals surface area contributed by atoms with Gasteiger partial charge in [0.15, 0.2) is 0 Å². The van der Waals surface area contributed by atoms with Gasteiger partial charge in [-0.2, -0.15) is 0 Å². The summed E-state index contributed by atoms with van der Waals surface area (Å²) in [5.41, 5.74) is 0. The van der Waals surface area contributed by atoms with Crippen molar-refractivity contribution in [2.75, 3.05) is 7.11 Å². The average Bonchev–Trinajstić information content (AvgIpc) is 1.85. The summed E-state index contributed by atoms with van der Waals surface area (Å²) in [5, 5.41) is 2.01. The van der Waals surface area contributed by atoms with Crippen LogP contribution >= 0.6 is 11.6 Å². The molecule has 0 aliphatic heterocycles. The molecule has 10 heavy (non-hydrogen) atoms. The van der Waals surface area contributed by atoms with Crippen LogP contribution in [-0.2, 0) is 0 Å². The number of halogens is 1. The Hall–Kier alpha value is -0.473. The Morgan fingerprint density at radius 3 is 2.60 bits per heavy atom. The summed E-state index contributed by atoms with van der Waals surface area (Å²) < 4.78 is 5.01. The maximum absolute atomic E-state index is 5.77. The molecule has 0 aliphatic rings. The summed E-state index contributed by atoms with van der Waals surface area (Å²) >= 11 is 5.77. The van der Waals surface area contributed by atoms with Gasteiger partial charge in [-0.3, -0.25) is 0 Å². The van der Waals surface area contributed by atoms with Gasteiger partial charge in [0.25, 0.3) is 0 Å². The molecule has 1 aromatic carbocycles. The zero-order valence-electron chi connectivity index (χ0n) is 6.02. The Morgan fingerprint density at radius 2 is 2.10 bits per heavy atom. The molecule has 0 atom stereocenters. The molecule has 0 spiro atoms. The van der Waals surface area contributed by atoms with Gasteiger partial charge in [0.2, 0.25) is 0 Å². The van der Waals surface area contributed by atoms with Crippen molar-refractivity contribution in [3.63, 3.8) is 0 Å². The molecule has 0 fully saturated rings. The first-order chi connectivity index (χ1) is 4.72. The summed E-state index contributed by atoms with van der Waals surface area (Å²) in [6.07, 6.45) is 0. The van der Waals surface area contributed by atoms with E-state index in [1.165, 1.54) is 5.19 Å². The summed E-state index contributed by atoms with van der Waals surface area (Å²) in [6.45, 7) is 0. The maximum atomic E-state index is 5.77. The van der Waals surface area contributed by atoms with E-state index in [4.69, 9.17) is 16.3 Å². The number of hydrogen-bond acceptors (Lipinski definition) is 1. The molecule has 0 N–H and O–H groups in total. The average molecular weight is 173 g/mol. The van der Waals surface area contributed by atoms with Crippen LogP contribution in [0.1, 0.15) is 0 Å². The Labute approximate surface area is 68.4 Å². The van der Waals surface area contributed by atoms with Gasteiger partial charge in [-0.1, -0.05) is 16.8 Å². The van der Waals surface area contributed by atoms with E-state index in [0.29, 0.717) is 0 Å². The Morgan fingerprint density at radius 1 is 1.40 bits per heavy atom. The highest BCUT2D eigenvalue weighted by Gasteiger charge is 1.93. The smallest absolute Gasteiger partial charge is 0.120 e. The van der Waals surface area contributed by atoms with E-state index < -0.39 is 0 Å². The quantitative estimate of drug-likeness (QED) is 0.556. The first kappa shape index (κ1) is 7.63. The van der Waals surface area contributed by atoms with Crippen molar-refractivity contribution < 1.29 is 4.74 Å². The van der Waals surface area contributed by atoms with E-state index in [9.17, 15) is 0 Å². The molecule has 0 heterocycles. The van der Waals surface area contributed by atoms with E-state index in [0.717, 1.165) is 21.0 Å². The van der Waals surface area contributed by atoms with Crippen molar-refractivity contribution in [3.8, 4) is 5.75 Å². The summed E-state index contributed by atoms with van der Waals surface area (Å²) in [7, 11) is 2.66. The van der Waals surface area contributed by atoms with Gasteiger partial charge in [-0.05, 0) is 18.2 Å². The number of benzene rings is 1. The van der Waals surface area contributed by atoms with E-state index >= 15 is 0 Å². The van der Waals surface area contributed by atoms with Gasteiger partial charge in [-0.25, -0.2) is 0 Å². The van der Waals surface area contributed by atoms with Crippen LogP contribution < -0.4 is 9.92 Å². The molecule has 0 aromatic heterocycles. The fourth-order valence-corrected chi connectivity index (χ4v) is 1.88. The number of hydrogen-bond donors (Lipinski definition) is 0. The lowest BCUT2D eigenvalue weighted by molar-refractivity contribution is 0.415. The molecule has 0 aliphatic carbocycles. The maximum Gasteiger partial charge on any atom is 0.120 e. The van der Waals surface area contributed by atoms with Crippen molar-refractivity contribution in [1.82, 2.24) is 0 Å². The third-order valence-corrected chi connectivity index (χ3v) is 2.05. The van der Waals surface area contributed by atoms with Gasteiger partial charge in [0.05, 0.1) is 7.11 Å². The van der Waals surface area contributed by atoms with Crippen LogP contribution in [0.2, 0.25) is 5.02 Å². The van der Waals surface area contributed by atoms with Crippen LogP contribution in [0.25, 0.3) is 0 Å². The molecule has 1 aromatic rings. The second-order valence-electron chi connectivity index (χ2n) is 2.17. The first-order valence-electron chi connectivity index (χ1n) is 3.03. The molecule has 3 heteroatoms. The van der Waals surface area contributed by atoms with E-state index in [2.05, 4.69) is 0 Å². The SMILES string of the molecule is COc1cc([SiH3])cc(Cl)c1. The van der Waals surface area contributed by atoms with Crippen LogP contribution in [0.4, 0.5) is 0 Å². The van der Waals surface area contributed by atoms with Crippen molar-refractivity contribution in [1.29, 1.82) is 0 Å². The number of ether oxygens (including phenoxy) is 1. The molecule has 0 saturated heterocycles. The standard InChI is InChI=1S/C7H9ClOSi/c1-9-6-2-5(8)3-7(10)4-6/h2-4H,1,10H3. The highest BCUT2D eigenvalue weighted by atomic mass is 35.5. The molecular weight excluding hydrogens is 164 g/mol.